The Morgan fingerprint density at radius 2 is 1.71 bits per heavy atom. The zero-order chi connectivity index (χ0) is 15.4. The first-order valence-electron chi connectivity index (χ1n) is 7.94. The molecular weight excluding hydrogens is 258 g/mol. The van der Waals surface area contributed by atoms with Crippen molar-refractivity contribution in [1.29, 1.82) is 0 Å². The number of nitrogens with zero attached hydrogens (tertiary/aromatic N) is 2. The van der Waals surface area contributed by atoms with Crippen LogP contribution in [0.25, 0.3) is 0 Å². The topological polar surface area (TPSA) is 43.8 Å². The lowest BCUT2D eigenvalue weighted by Crippen LogP contribution is -2.10. The fourth-order valence-electron chi connectivity index (χ4n) is 3.08. The van der Waals surface area contributed by atoms with Gasteiger partial charge in [0.1, 0.15) is 0 Å². The van der Waals surface area contributed by atoms with Crippen molar-refractivity contribution >= 4 is 0 Å². The Bertz CT molecular complexity index is 591. The van der Waals surface area contributed by atoms with Crippen LogP contribution in [-0.2, 0) is 25.8 Å². The van der Waals surface area contributed by atoms with Crippen molar-refractivity contribution in [1.82, 2.24) is 9.78 Å². The molecule has 0 fully saturated rings. The fourth-order valence-corrected chi connectivity index (χ4v) is 3.08. The van der Waals surface area contributed by atoms with Crippen LogP contribution in [0, 0.1) is 13.8 Å². The number of benzene rings is 1. The van der Waals surface area contributed by atoms with Crippen LogP contribution < -0.4 is 5.73 Å². The standard InChI is InChI=1S/C18H27N3/c1-5-17-15(10-11-19)18(6-2)21(20-17)12-16-13(3)8-7-9-14(16)4/h7-9H,5-6,10-12,19H2,1-4H3. The van der Waals surface area contributed by atoms with Gasteiger partial charge in [0.05, 0.1) is 12.2 Å². The molecule has 21 heavy (non-hydrogen) atoms. The van der Waals surface area contributed by atoms with Crippen molar-refractivity contribution < 1.29 is 0 Å². The van der Waals surface area contributed by atoms with Gasteiger partial charge in [0, 0.05) is 5.69 Å². The summed E-state index contributed by atoms with van der Waals surface area (Å²) in [4.78, 5) is 0. The van der Waals surface area contributed by atoms with Gasteiger partial charge in [-0.15, -0.1) is 0 Å². The molecular formula is C18H27N3. The third-order valence-corrected chi connectivity index (χ3v) is 4.27. The molecule has 3 heteroatoms. The Balaban J connectivity index is 2.44. The van der Waals surface area contributed by atoms with E-state index >= 15 is 0 Å². The normalized spacial score (nSPS) is 11.1. The second kappa shape index (κ2) is 6.90. The van der Waals surface area contributed by atoms with Gasteiger partial charge in [0.2, 0.25) is 0 Å². The van der Waals surface area contributed by atoms with E-state index in [9.17, 15) is 0 Å². The average Bonchev–Trinajstić information content (AvgIpc) is 2.80. The number of rotatable bonds is 6. The van der Waals surface area contributed by atoms with Crippen molar-refractivity contribution in [3.8, 4) is 0 Å². The molecule has 0 saturated carbocycles. The molecule has 3 nitrogen and oxygen atoms in total. The molecule has 1 heterocycles. The zero-order valence-electron chi connectivity index (χ0n) is 13.7. The summed E-state index contributed by atoms with van der Waals surface area (Å²) < 4.78 is 2.19. The first kappa shape index (κ1) is 15.8. The monoisotopic (exact) mass is 285 g/mol. The lowest BCUT2D eigenvalue weighted by atomic mass is 10.0. The van der Waals surface area contributed by atoms with E-state index < -0.39 is 0 Å². The second-order valence-corrected chi connectivity index (χ2v) is 5.65. The first-order valence-corrected chi connectivity index (χ1v) is 7.94. The minimum atomic E-state index is 0.690. The Kier molecular flexibility index (Phi) is 5.18. The summed E-state index contributed by atoms with van der Waals surface area (Å²) in [6, 6.07) is 6.48. The Morgan fingerprint density at radius 1 is 1.05 bits per heavy atom. The molecule has 0 bridgehead atoms. The van der Waals surface area contributed by atoms with E-state index in [1.165, 1.54) is 33.6 Å². The molecule has 1 aromatic heterocycles. The van der Waals surface area contributed by atoms with E-state index in [1.54, 1.807) is 0 Å². The molecule has 0 amide bonds. The maximum Gasteiger partial charge on any atom is 0.0667 e. The van der Waals surface area contributed by atoms with Crippen molar-refractivity contribution in [2.45, 2.75) is 53.5 Å². The third-order valence-electron chi connectivity index (χ3n) is 4.27. The molecule has 114 valence electrons. The summed E-state index contributed by atoms with van der Waals surface area (Å²) in [7, 11) is 0. The molecule has 0 aliphatic rings. The number of hydrogen-bond acceptors (Lipinski definition) is 2. The van der Waals surface area contributed by atoms with Gasteiger partial charge in [-0.05, 0) is 61.9 Å². The molecule has 0 spiro atoms. The van der Waals surface area contributed by atoms with Gasteiger partial charge in [-0.3, -0.25) is 4.68 Å². The molecule has 0 atom stereocenters. The Labute approximate surface area is 128 Å². The maximum absolute atomic E-state index is 5.78. The van der Waals surface area contributed by atoms with Gasteiger partial charge in [-0.1, -0.05) is 32.0 Å². The van der Waals surface area contributed by atoms with Gasteiger partial charge in [-0.25, -0.2) is 0 Å². The van der Waals surface area contributed by atoms with Crippen LogP contribution in [0.5, 0.6) is 0 Å². The Hall–Kier alpha value is -1.61. The van der Waals surface area contributed by atoms with Gasteiger partial charge < -0.3 is 5.73 Å². The molecule has 0 saturated heterocycles. The largest absolute Gasteiger partial charge is 0.330 e. The minimum absolute atomic E-state index is 0.690. The first-order chi connectivity index (χ1) is 10.1. The molecule has 0 radical (unpaired) electrons. The Morgan fingerprint density at radius 3 is 2.24 bits per heavy atom. The maximum atomic E-state index is 5.78. The second-order valence-electron chi connectivity index (χ2n) is 5.65. The van der Waals surface area contributed by atoms with Crippen LogP contribution in [0.15, 0.2) is 18.2 Å². The molecule has 0 unspecified atom stereocenters. The highest BCUT2D eigenvalue weighted by atomic mass is 15.3. The van der Waals surface area contributed by atoms with Crippen molar-refractivity contribution in [3.63, 3.8) is 0 Å². The predicted molar refractivity (Wildman–Crippen MR) is 88.8 cm³/mol. The summed E-state index contributed by atoms with van der Waals surface area (Å²) in [6.07, 6.45) is 2.91. The van der Waals surface area contributed by atoms with Crippen molar-refractivity contribution in [3.05, 3.63) is 51.8 Å². The number of aromatic nitrogens is 2. The van der Waals surface area contributed by atoms with E-state index in [0.717, 1.165) is 25.8 Å². The van der Waals surface area contributed by atoms with Crippen LogP contribution in [0.2, 0.25) is 0 Å². The number of hydrogen-bond donors (Lipinski definition) is 1. The highest BCUT2D eigenvalue weighted by Gasteiger charge is 2.16. The van der Waals surface area contributed by atoms with E-state index in [0.29, 0.717) is 6.54 Å². The third kappa shape index (κ3) is 3.18. The summed E-state index contributed by atoms with van der Waals surface area (Å²) in [5.41, 5.74) is 13.8. The number of nitrogens with two attached hydrogens (primary N) is 1. The fraction of sp³-hybridized carbons (Fsp3) is 0.500. The van der Waals surface area contributed by atoms with Gasteiger partial charge >= 0.3 is 0 Å². The summed E-state index contributed by atoms with van der Waals surface area (Å²) in [6.45, 7) is 10.3. The summed E-state index contributed by atoms with van der Waals surface area (Å²) in [5, 5.41) is 4.86. The predicted octanol–water partition coefficient (Wildman–Crippen LogP) is 3.17. The van der Waals surface area contributed by atoms with E-state index in [4.69, 9.17) is 10.8 Å². The van der Waals surface area contributed by atoms with Crippen molar-refractivity contribution in [2.75, 3.05) is 6.54 Å². The van der Waals surface area contributed by atoms with Crippen LogP contribution in [0.1, 0.15) is 47.5 Å². The lowest BCUT2D eigenvalue weighted by molar-refractivity contribution is 0.635. The zero-order valence-corrected chi connectivity index (χ0v) is 13.7. The molecule has 2 N–H and O–H groups in total. The van der Waals surface area contributed by atoms with Gasteiger partial charge in [0.15, 0.2) is 0 Å². The summed E-state index contributed by atoms with van der Waals surface area (Å²) in [5.74, 6) is 0. The minimum Gasteiger partial charge on any atom is -0.330 e. The van der Waals surface area contributed by atoms with E-state index in [-0.39, 0.29) is 0 Å². The molecule has 0 aliphatic carbocycles. The summed E-state index contributed by atoms with van der Waals surface area (Å²) >= 11 is 0. The molecule has 1 aromatic carbocycles. The molecule has 2 aromatic rings. The number of aryl methyl sites for hydroxylation is 3. The van der Waals surface area contributed by atoms with Gasteiger partial charge in [0.25, 0.3) is 0 Å². The molecule has 0 aliphatic heterocycles. The SMILES string of the molecule is CCc1nn(Cc2c(C)cccc2C)c(CC)c1CCN. The van der Waals surface area contributed by atoms with E-state index in [2.05, 4.69) is 50.6 Å². The van der Waals surface area contributed by atoms with Crippen LogP contribution in [0.4, 0.5) is 0 Å². The lowest BCUT2D eigenvalue weighted by Gasteiger charge is -2.12. The van der Waals surface area contributed by atoms with Crippen LogP contribution in [-0.4, -0.2) is 16.3 Å². The highest BCUT2D eigenvalue weighted by molar-refractivity contribution is 5.35. The van der Waals surface area contributed by atoms with Crippen LogP contribution >= 0.6 is 0 Å². The van der Waals surface area contributed by atoms with Crippen LogP contribution in [0.3, 0.4) is 0 Å². The van der Waals surface area contributed by atoms with E-state index in [1.807, 2.05) is 0 Å². The van der Waals surface area contributed by atoms with Crippen molar-refractivity contribution in [2.24, 2.45) is 5.73 Å². The molecule has 2 rings (SSSR count). The average molecular weight is 285 g/mol. The quantitative estimate of drug-likeness (QED) is 0.886. The highest BCUT2D eigenvalue weighted by Crippen LogP contribution is 2.21. The smallest absolute Gasteiger partial charge is 0.0667 e. The van der Waals surface area contributed by atoms with Gasteiger partial charge in [-0.2, -0.15) is 5.10 Å².